The zero-order valence-corrected chi connectivity index (χ0v) is 11.3. The van der Waals surface area contributed by atoms with Gasteiger partial charge in [0.15, 0.2) is 0 Å². The van der Waals surface area contributed by atoms with Crippen molar-refractivity contribution in [3.63, 3.8) is 0 Å². The Morgan fingerprint density at radius 3 is 2.71 bits per heavy atom. The molecule has 106 valence electrons. The predicted octanol–water partition coefficient (Wildman–Crippen LogP) is 3.70. The molecule has 0 saturated heterocycles. The smallest absolute Gasteiger partial charge is 0.324 e. The molecule has 0 aliphatic carbocycles. The number of thiophene rings is 1. The first kappa shape index (κ1) is 13.3. The monoisotopic (exact) mass is 305 g/mol. The van der Waals surface area contributed by atoms with Gasteiger partial charge in [-0.25, -0.2) is 4.39 Å². The van der Waals surface area contributed by atoms with Crippen LogP contribution in [0.3, 0.4) is 0 Å². The van der Waals surface area contributed by atoms with Crippen LogP contribution in [0.1, 0.15) is 0 Å². The van der Waals surface area contributed by atoms with Gasteiger partial charge in [-0.3, -0.25) is 10.1 Å². The van der Waals surface area contributed by atoms with Gasteiger partial charge in [-0.1, -0.05) is 34.7 Å². The van der Waals surface area contributed by atoms with Gasteiger partial charge in [-0.2, -0.15) is 0 Å². The molecule has 1 aromatic carbocycles. The number of anilines is 1. The number of nitro groups is 1. The van der Waals surface area contributed by atoms with Gasteiger partial charge in [0.25, 0.3) is 0 Å². The second-order valence-corrected chi connectivity index (χ2v) is 5.21. The van der Waals surface area contributed by atoms with Crippen LogP contribution in [0.5, 0.6) is 0 Å². The largest absolute Gasteiger partial charge is 0.367 e. The lowest BCUT2D eigenvalue weighted by Crippen LogP contribution is -1.89. The molecule has 0 bridgehead atoms. The maximum Gasteiger partial charge on any atom is 0.324 e. The van der Waals surface area contributed by atoms with Crippen LogP contribution in [0.4, 0.5) is 15.3 Å². The SMILES string of the molecule is Nc1onc(-c2ccc([N+](=O)[O-])s2)c1-c1ccccc1F. The molecule has 0 fully saturated rings. The summed E-state index contributed by atoms with van der Waals surface area (Å²) in [6.07, 6.45) is 0. The molecule has 0 aliphatic rings. The summed E-state index contributed by atoms with van der Waals surface area (Å²) in [5.74, 6) is -0.508. The molecule has 0 radical (unpaired) electrons. The van der Waals surface area contributed by atoms with Crippen LogP contribution in [-0.4, -0.2) is 10.1 Å². The van der Waals surface area contributed by atoms with Gasteiger partial charge < -0.3 is 10.3 Å². The zero-order chi connectivity index (χ0) is 15.0. The maximum atomic E-state index is 13.9. The van der Waals surface area contributed by atoms with E-state index in [0.29, 0.717) is 10.4 Å². The van der Waals surface area contributed by atoms with E-state index in [1.54, 1.807) is 18.2 Å². The number of hydrogen-bond donors (Lipinski definition) is 1. The lowest BCUT2D eigenvalue weighted by molar-refractivity contribution is -0.380. The van der Waals surface area contributed by atoms with E-state index in [0.717, 1.165) is 11.3 Å². The summed E-state index contributed by atoms with van der Waals surface area (Å²) in [5.41, 5.74) is 6.54. The molecule has 21 heavy (non-hydrogen) atoms. The van der Waals surface area contributed by atoms with Crippen molar-refractivity contribution in [1.82, 2.24) is 5.16 Å². The van der Waals surface area contributed by atoms with Crippen molar-refractivity contribution >= 4 is 22.2 Å². The van der Waals surface area contributed by atoms with Crippen molar-refractivity contribution in [2.24, 2.45) is 0 Å². The van der Waals surface area contributed by atoms with E-state index in [2.05, 4.69) is 5.16 Å². The molecule has 8 heteroatoms. The molecule has 0 aliphatic heterocycles. The van der Waals surface area contributed by atoms with Crippen LogP contribution in [0.2, 0.25) is 0 Å². The Morgan fingerprint density at radius 1 is 1.29 bits per heavy atom. The molecule has 2 N–H and O–H groups in total. The third-order valence-electron chi connectivity index (χ3n) is 2.87. The predicted molar refractivity (Wildman–Crippen MR) is 76.3 cm³/mol. The first-order valence-electron chi connectivity index (χ1n) is 5.82. The highest BCUT2D eigenvalue weighted by atomic mass is 32.1. The third kappa shape index (κ3) is 2.25. The van der Waals surface area contributed by atoms with Crippen LogP contribution in [0.15, 0.2) is 40.9 Å². The molecule has 0 saturated carbocycles. The van der Waals surface area contributed by atoms with Crippen LogP contribution < -0.4 is 5.73 Å². The molecule has 0 atom stereocenters. The van der Waals surface area contributed by atoms with Gasteiger partial charge >= 0.3 is 5.00 Å². The number of halogens is 1. The molecule has 0 spiro atoms. The van der Waals surface area contributed by atoms with Crippen LogP contribution in [-0.2, 0) is 0 Å². The number of rotatable bonds is 3. The lowest BCUT2D eigenvalue weighted by Gasteiger charge is -2.02. The van der Waals surface area contributed by atoms with Gasteiger partial charge in [0.05, 0.1) is 15.4 Å². The zero-order valence-electron chi connectivity index (χ0n) is 10.4. The second-order valence-electron chi connectivity index (χ2n) is 4.15. The van der Waals surface area contributed by atoms with E-state index in [9.17, 15) is 14.5 Å². The molecular formula is C13H8FN3O3S. The summed E-state index contributed by atoms with van der Waals surface area (Å²) in [5, 5.41) is 14.5. The standard InChI is InChI=1S/C13H8FN3O3S/c14-8-4-2-1-3-7(8)11-12(16-20-13(11)15)9-5-6-10(21-9)17(18)19/h1-6H,15H2. The topological polar surface area (TPSA) is 95.2 Å². The van der Waals surface area contributed by atoms with E-state index in [1.165, 1.54) is 18.2 Å². The average Bonchev–Trinajstić information content (AvgIpc) is 3.06. The number of hydrogen-bond acceptors (Lipinski definition) is 6. The van der Waals surface area contributed by atoms with E-state index in [-0.39, 0.29) is 22.1 Å². The normalized spacial score (nSPS) is 10.7. The minimum atomic E-state index is -0.500. The molecule has 2 heterocycles. The Balaban J connectivity index is 2.17. The average molecular weight is 305 g/mol. The summed E-state index contributed by atoms with van der Waals surface area (Å²) in [7, 11) is 0. The summed E-state index contributed by atoms with van der Waals surface area (Å²) in [6.45, 7) is 0. The maximum absolute atomic E-state index is 13.9. The van der Waals surface area contributed by atoms with E-state index in [4.69, 9.17) is 10.3 Å². The van der Waals surface area contributed by atoms with E-state index >= 15 is 0 Å². The van der Waals surface area contributed by atoms with Gasteiger partial charge in [0, 0.05) is 11.6 Å². The first-order valence-corrected chi connectivity index (χ1v) is 6.64. The van der Waals surface area contributed by atoms with E-state index < -0.39 is 10.7 Å². The van der Waals surface area contributed by atoms with Crippen molar-refractivity contribution < 1.29 is 13.8 Å². The quantitative estimate of drug-likeness (QED) is 0.588. The first-order chi connectivity index (χ1) is 10.1. The van der Waals surface area contributed by atoms with Crippen molar-refractivity contribution in [1.29, 1.82) is 0 Å². The number of aromatic nitrogens is 1. The molecule has 2 aromatic heterocycles. The van der Waals surface area contributed by atoms with Crippen molar-refractivity contribution in [2.75, 3.05) is 5.73 Å². The van der Waals surface area contributed by atoms with Crippen molar-refractivity contribution in [2.45, 2.75) is 0 Å². The molecule has 0 unspecified atom stereocenters. The minimum absolute atomic E-state index is 0.0360. The van der Waals surface area contributed by atoms with Crippen LogP contribution in [0, 0.1) is 15.9 Å². The summed E-state index contributed by atoms with van der Waals surface area (Å²) in [6, 6.07) is 8.94. The Kier molecular flexibility index (Phi) is 3.15. The summed E-state index contributed by atoms with van der Waals surface area (Å²) < 4.78 is 18.9. The highest BCUT2D eigenvalue weighted by Gasteiger charge is 2.22. The van der Waals surface area contributed by atoms with Crippen LogP contribution in [0.25, 0.3) is 21.7 Å². The van der Waals surface area contributed by atoms with Gasteiger partial charge in [-0.05, 0) is 12.1 Å². The summed E-state index contributed by atoms with van der Waals surface area (Å²) in [4.78, 5) is 10.7. The number of nitrogens with zero attached hydrogens (tertiary/aromatic N) is 2. The Bertz CT molecular complexity index is 828. The second kappa shape index (κ2) is 4.98. The fraction of sp³-hybridized carbons (Fsp3) is 0. The lowest BCUT2D eigenvalue weighted by atomic mass is 10.0. The number of nitrogens with two attached hydrogens (primary N) is 1. The van der Waals surface area contributed by atoms with Crippen molar-refractivity contribution in [3.8, 4) is 21.7 Å². The van der Waals surface area contributed by atoms with Crippen molar-refractivity contribution in [3.05, 3.63) is 52.3 Å². The molecular weight excluding hydrogens is 297 g/mol. The molecule has 0 amide bonds. The number of benzene rings is 1. The Hall–Kier alpha value is -2.74. The number of nitrogen functional groups attached to an aromatic ring is 1. The van der Waals surface area contributed by atoms with Gasteiger partial charge in [-0.15, -0.1) is 0 Å². The molecule has 3 rings (SSSR count). The highest BCUT2D eigenvalue weighted by Crippen LogP contribution is 2.41. The Morgan fingerprint density at radius 2 is 2.05 bits per heavy atom. The van der Waals surface area contributed by atoms with Gasteiger partial charge in [0.2, 0.25) is 5.88 Å². The summed E-state index contributed by atoms with van der Waals surface area (Å²) >= 11 is 0.923. The molecule has 6 nitrogen and oxygen atoms in total. The van der Waals surface area contributed by atoms with Gasteiger partial charge in [0.1, 0.15) is 11.5 Å². The fourth-order valence-corrected chi connectivity index (χ4v) is 2.76. The van der Waals surface area contributed by atoms with Crippen LogP contribution >= 0.6 is 11.3 Å². The molecule has 3 aromatic rings. The van der Waals surface area contributed by atoms with E-state index in [1.807, 2.05) is 0 Å². The minimum Gasteiger partial charge on any atom is -0.367 e. The highest BCUT2D eigenvalue weighted by molar-refractivity contribution is 7.18. The third-order valence-corrected chi connectivity index (χ3v) is 3.91. The Labute approximate surface area is 121 Å². The fourth-order valence-electron chi connectivity index (χ4n) is 1.95.